The highest BCUT2D eigenvalue weighted by atomic mass is 35.5. The average Bonchev–Trinajstić information content (AvgIpc) is 2.15. The number of nitrogens with two attached hydrogens (primary N) is 1. The minimum atomic E-state index is -0.455. The van der Waals surface area contributed by atoms with Gasteiger partial charge >= 0.3 is 5.63 Å². The SMILES string of the molecule is Cl.NCc1cc(=O)oc2cc(O)ccc12. The van der Waals surface area contributed by atoms with Crippen molar-refractivity contribution in [3.05, 3.63) is 40.2 Å². The van der Waals surface area contributed by atoms with Crippen LogP contribution in [0.2, 0.25) is 0 Å². The molecule has 1 aromatic carbocycles. The highest BCUT2D eigenvalue weighted by Crippen LogP contribution is 2.21. The van der Waals surface area contributed by atoms with Crippen molar-refractivity contribution >= 4 is 23.4 Å². The molecule has 5 heteroatoms. The summed E-state index contributed by atoms with van der Waals surface area (Å²) in [7, 11) is 0. The number of phenols is 1. The summed E-state index contributed by atoms with van der Waals surface area (Å²) in [6.45, 7) is 0.271. The van der Waals surface area contributed by atoms with Gasteiger partial charge in [0.25, 0.3) is 0 Å². The third kappa shape index (κ3) is 2.11. The van der Waals surface area contributed by atoms with E-state index < -0.39 is 5.63 Å². The predicted octanol–water partition coefficient (Wildman–Crippen LogP) is 1.38. The molecule has 4 nitrogen and oxygen atoms in total. The second kappa shape index (κ2) is 4.33. The van der Waals surface area contributed by atoms with E-state index in [2.05, 4.69) is 0 Å². The van der Waals surface area contributed by atoms with Gasteiger partial charge < -0.3 is 15.3 Å². The largest absolute Gasteiger partial charge is 0.508 e. The third-order valence-corrected chi connectivity index (χ3v) is 2.03. The quantitative estimate of drug-likeness (QED) is 0.722. The van der Waals surface area contributed by atoms with E-state index in [1.807, 2.05) is 0 Å². The Bertz CT molecular complexity index is 536. The van der Waals surface area contributed by atoms with Crippen molar-refractivity contribution in [1.29, 1.82) is 0 Å². The zero-order valence-corrected chi connectivity index (χ0v) is 8.58. The lowest BCUT2D eigenvalue weighted by molar-refractivity contribution is 0.473. The molecular weight excluding hydrogens is 218 g/mol. The van der Waals surface area contributed by atoms with Gasteiger partial charge in [-0.1, -0.05) is 0 Å². The number of halogens is 1. The fourth-order valence-electron chi connectivity index (χ4n) is 1.39. The first-order valence-corrected chi connectivity index (χ1v) is 4.16. The Balaban J connectivity index is 0.00000112. The van der Waals surface area contributed by atoms with E-state index in [9.17, 15) is 9.90 Å². The molecule has 0 aliphatic carbocycles. The molecule has 0 fully saturated rings. The molecule has 0 saturated carbocycles. The fraction of sp³-hybridized carbons (Fsp3) is 0.100. The lowest BCUT2D eigenvalue weighted by Crippen LogP contribution is -2.04. The smallest absolute Gasteiger partial charge is 0.336 e. The van der Waals surface area contributed by atoms with Gasteiger partial charge in [-0.2, -0.15) is 0 Å². The van der Waals surface area contributed by atoms with E-state index >= 15 is 0 Å². The molecule has 2 aromatic rings. The van der Waals surface area contributed by atoms with E-state index in [1.165, 1.54) is 18.2 Å². The molecule has 0 aliphatic heterocycles. The van der Waals surface area contributed by atoms with Crippen LogP contribution < -0.4 is 11.4 Å². The van der Waals surface area contributed by atoms with Crippen LogP contribution in [0.3, 0.4) is 0 Å². The zero-order chi connectivity index (χ0) is 10.1. The van der Waals surface area contributed by atoms with E-state index in [0.29, 0.717) is 5.58 Å². The Kier molecular flexibility index (Phi) is 3.34. The molecule has 0 saturated heterocycles. The van der Waals surface area contributed by atoms with Crippen molar-refractivity contribution in [3.8, 4) is 5.75 Å². The molecule has 0 amide bonds. The maximum atomic E-state index is 11.1. The Morgan fingerprint density at radius 2 is 2.07 bits per heavy atom. The van der Waals surface area contributed by atoms with Crippen LogP contribution in [0.25, 0.3) is 11.0 Å². The normalized spacial score (nSPS) is 9.93. The van der Waals surface area contributed by atoms with Crippen molar-refractivity contribution in [1.82, 2.24) is 0 Å². The van der Waals surface area contributed by atoms with Gasteiger partial charge in [-0.25, -0.2) is 4.79 Å². The molecule has 80 valence electrons. The summed E-state index contributed by atoms with van der Waals surface area (Å²) < 4.78 is 4.91. The number of benzene rings is 1. The standard InChI is InChI=1S/C10H9NO3.ClH/c11-5-6-3-10(13)14-9-4-7(12)1-2-8(6)9;/h1-4,12H,5,11H2;1H. The van der Waals surface area contributed by atoms with Gasteiger partial charge in [-0.05, 0) is 17.7 Å². The van der Waals surface area contributed by atoms with Crippen molar-refractivity contribution < 1.29 is 9.52 Å². The molecule has 1 aromatic heterocycles. The summed E-state index contributed by atoms with van der Waals surface area (Å²) in [5.74, 6) is 0.0646. The summed E-state index contributed by atoms with van der Waals surface area (Å²) >= 11 is 0. The number of hydrogen-bond acceptors (Lipinski definition) is 4. The first-order valence-electron chi connectivity index (χ1n) is 4.16. The fourth-order valence-corrected chi connectivity index (χ4v) is 1.39. The van der Waals surface area contributed by atoms with Crippen LogP contribution in [0.1, 0.15) is 5.56 Å². The molecule has 0 unspecified atom stereocenters. The van der Waals surface area contributed by atoms with Crippen molar-refractivity contribution in [2.45, 2.75) is 6.54 Å². The lowest BCUT2D eigenvalue weighted by Gasteiger charge is -2.02. The number of hydrogen-bond donors (Lipinski definition) is 2. The second-order valence-corrected chi connectivity index (χ2v) is 2.98. The molecule has 1 heterocycles. The number of phenolic OH excluding ortho intramolecular Hbond substituents is 1. The van der Waals surface area contributed by atoms with Crippen LogP contribution in [0, 0.1) is 0 Å². The molecule has 0 radical (unpaired) electrons. The first-order chi connectivity index (χ1) is 6.70. The Morgan fingerprint density at radius 1 is 1.33 bits per heavy atom. The summed E-state index contributed by atoms with van der Waals surface area (Å²) in [6, 6.07) is 5.96. The topological polar surface area (TPSA) is 76.5 Å². The van der Waals surface area contributed by atoms with Crippen LogP contribution in [-0.2, 0) is 6.54 Å². The van der Waals surface area contributed by atoms with Gasteiger partial charge in [-0.15, -0.1) is 12.4 Å². The predicted molar refractivity (Wildman–Crippen MR) is 59.3 cm³/mol. The minimum Gasteiger partial charge on any atom is -0.508 e. The van der Waals surface area contributed by atoms with Crippen molar-refractivity contribution in [2.75, 3.05) is 0 Å². The molecular formula is C10H10ClNO3. The Labute approximate surface area is 91.7 Å². The van der Waals surface area contributed by atoms with Gasteiger partial charge in [-0.3, -0.25) is 0 Å². The number of rotatable bonds is 1. The molecule has 0 atom stereocenters. The van der Waals surface area contributed by atoms with Crippen LogP contribution in [0.4, 0.5) is 0 Å². The summed E-state index contributed by atoms with van der Waals surface area (Å²) in [5.41, 5.74) is 6.10. The van der Waals surface area contributed by atoms with Crippen LogP contribution in [0.5, 0.6) is 5.75 Å². The van der Waals surface area contributed by atoms with Crippen molar-refractivity contribution in [3.63, 3.8) is 0 Å². The van der Waals surface area contributed by atoms with Gasteiger partial charge in [0.1, 0.15) is 11.3 Å². The van der Waals surface area contributed by atoms with Crippen molar-refractivity contribution in [2.24, 2.45) is 5.73 Å². The van der Waals surface area contributed by atoms with E-state index in [4.69, 9.17) is 10.2 Å². The second-order valence-electron chi connectivity index (χ2n) is 2.98. The molecule has 0 aliphatic rings. The molecule has 2 rings (SSSR count). The Hall–Kier alpha value is -1.52. The zero-order valence-electron chi connectivity index (χ0n) is 7.77. The van der Waals surface area contributed by atoms with Crippen LogP contribution >= 0.6 is 12.4 Å². The molecule has 15 heavy (non-hydrogen) atoms. The van der Waals surface area contributed by atoms with Gasteiger partial charge in [0.15, 0.2) is 0 Å². The van der Waals surface area contributed by atoms with Crippen LogP contribution in [0.15, 0.2) is 33.5 Å². The summed E-state index contributed by atoms with van der Waals surface area (Å²) in [5, 5.41) is 9.95. The van der Waals surface area contributed by atoms with E-state index in [0.717, 1.165) is 10.9 Å². The Morgan fingerprint density at radius 3 is 2.73 bits per heavy atom. The first kappa shape index (κ1) is 11.6. The lowest BCUT2D eigenvalue weighted by atomic mass is 10.1. The molecule has 3 N–H and O–H groups in total. The highest BCUT2D eigenvalue weighted by Gasteiger charge is 2.04. The number of aromatic hydroxyl groups is 1. The van der Waals surface area contributed by atoms with Gasteiger partial charge in [0.2, 0.25) is 0 Å². The summed E-state index contributed by atoms with van der Waals surface area (Å²) in [4.78, 5) is 11.1. The van der Waals surface area contributed by atoms with Gasteiger partial charge in [0.05, 0.1) is 0 Å². The van der Waals surface area contributed by atoms with Crippen LogP contribution in [-0.4, -0.2) is 5.11 Å². The third-order valence-electron chi connectivity index (χ3n) is 2.03. The summed E-state index contributed by atoms with van der Waals surface area (Å²) in [6.07, 6.45) is 0. The average molecular weight is 228 g/mol. The minimum absolute atomic E-state index is 0. The van der Waals surface area contributed by atoms with E-state index in [-0.39, 0.29) is 24.7 Å². The highest BCUT2D eigenvalue weighted by molar-refractivity contribution is 5.85. The monoisotopic (exact) mass is 227 g/mol. The maximum absolute atomic E-state index is 11.1. The number of fused-ring (bicyclic) bond motifs is 1. The van der Waals surface area contributed by atoms with E-state index in [1.54, 1.807) is 6.07 Å². The molecule has 0 spiro atoms. The molecule has 0 bridgehead atoms. The van der Waals surface area contributed by atoms with Gasteiger partial charge in [0, 0.05) is 24.1 Å². The maximum Gasteiger partial charge on any atom is 0.336 e.